The second-order valence-corrected chi connectivity index (χ2v) is 5.74. The average molecular weight is 323 g/mol. The summed E-state index contributed by atoms with van der Waals surface area (Å²) >= 11 is 2.31. The summed E-state index contributed by atoms with van der Waals surface area (Å²) in [4.78, 5) is 2.01. The molecule has 0 aromatic heterocycles. The molecule has 0 saturated carbocycles. The average Bonchev–Trinajstić information content (AvgIpc) is 1.75. The van der Waals surface area contributed by atoms with Gasteiger partial charge in [0, 0.05) is 0 Å². The van der Waals surface area contributed by atoms with Gasteiger partial charge in [-0.1, -0.05) is 0 Å². The van der Waals surface area contributed by atoms with Crippen LogP contribution in [0.15, 0.2) is 0 Å². The van der Waals surface area contributed by atoms with Gasteiger partial charge >= 0.3 is 71.5 Å². The first-order valence-corrected chi connectivity index (χ1v) is 8.40. The van der Waals surface area contributed by atoms with Crippen LogP contribution in [0.4, 0.5) is 0 Å². The second kappa shape index (κ2) is 15.6. The Labute approximate surface area is 70.9 Å². The molecule has 2 radical (unpaired) electrons. The van der Waals surface area contributed by atoms with Crippen LogP contribution in [0.1, 0.15) is 13.8 Å². The van der Waals surface area contributed by atoms with E-state index in [4.69, 9.17) is 0 Å². The molecule has 0 nitrogen and oxygen atoms in total. The van der Waals surface area contributed by atoms with Crippen LogP contribution < -0.4 is 0 Å². The molecule has 0 aromatic carbocycles. The molecule has 7 heavy (non-hydrogen) atoms. The summed E-state index contributed by atoms with van der Waals surface area (Å²) < 4.78 is 2.99. The van der Waals surface area contributed by atoms with E-state index in [0.29, 0.717) is 21.6 Å². The van der Waals surface area contributed by atoms with E-state index in [9.17, 15) is 0 Å². The monoisotopic (exact) mass is 324 g/mol. The molecule has 0 rings (SSSR count). The molecule has 0 bridgehead atoms. The summed E-state index contributed by atoms with van der Waals surface area (Å²) in [6.45, 7) is 4.56. The van der Waals surface area contributed by atoms with Crippen LogP contribution in [0, 0.1) is 0 Å². The van der Waals surface area contributed by atoms with Crippen molar-refractivity contribution in [3.8, 4) is 0 Å². The number of rotatable bonds is 2. The summed E-state index contributed by atoms with van der Waals surface area (Å²) in [5.74, 6) is 0. The van der Waals surface area contributed by atoms with E-state index >= 15 is 0 Å². The van der Waals surface area contributed by atoms with Crippen molar-refractivity contribution in [2.24, 2.45) is 0 Å². The topological polar surface area (TPSA) is 0 Å². The van der Waals surface area contributed by atoms with Crippen LogP contribution in [0.3, 0.4) is 0 Å². The molecule has 0 unspecified atom stereocenters. The number of hydrogen-bond donors (Lipinski definition) is 0. The summed E-state index contributed by atoms with van der Waals surface area (Å²) in [6.07, 6.45) is 0. The van der Waals surface area contributed by atoms with E-state index in [-0.39, 0.29) is 0 Å². The maximum atomic E-state index is 2.28. The van der Waals surface area contributed by atoms with Gasteiger partial charge in [0.1, 0.15) is 0 Å². The molecule has 0 spiro atoms. The van der Waals surface area contributed by atoms with Crippen molar-refractivity contribution >= 4 is 43.9 Å². The van der Waals surface area contributed by atoms with E-state index in [1.165, 1.54) is 8.73 Å². The predicted octanol–water partition coefficient (Wildman–Crippen LogP) is 1.77. The zero-order chi connectivity index (χ0) is 6.12. The first kappa shape index (κ1) is 11.4. The first-order chi connectivity index (χ1) is 3.41. The summed E-state index contributed by atoms with van der Waals surface area (Å²) in [7, 11) is 0. The molecule has 0 aliphatic heterocycles. The Morgan fingerprint density at radius 2 is 1.43 bits per heavy atom. The zero-order valence-electron chi connectivity index (χ0n) is 5.27. The predicted molar refractivity (Wildman–Crippen MR) is 38.3 cm³/mol. The molecule has 0 aliphatic rings. The van der Waals surface area contributed by atoms with Crippen LogP contribution in [-0.4, -0.2) is 43.9 Å². The Morgan fingerprint density at radius 3 is 1.43 bits per heavy atom. The van der Waals surface area contributed by atoms with Crippen molar-refractivity contribution in [2.45, 2.75) is 27.6 Å². The molecule has 0 saturated heterocycles. The summed E-state index contributed by atoms with van der Waals surface area (Å²) in [5, 5.41) is 0. The normalized spacial score (nSPS) is 6.86. The van der Waals surface area contributed by atoms with Crippen LogP contribution in [0.25, 0.3) is 0 Å². The second-order valence-electron chi connectivity index (χ2n) is 0.856. The SMILES string of the molecule is C[CH2][Sb][CH2]C.C[Te]. The number of hydrogen-bond acceptors (Lipinski definition) is 0. The van der Waals surface area contributed by atoms with E-state index in [1.807, 2.05) is 27.3 Å². The Morgan fingerprint density at radius 1 is 1.14 bits per heavy atom. The van der Waals surface area contributed by atoms with E-state index < -0.39 is 0 Å². The van der Waals surface area contributed by atoms with Gasteiger partial charge in [-0.3, -0.25) is 0 Å². The Hall–Kier alpha value is 1.61. The van der Waals surface area contributed by atoms with Gasteiger partial charge in [-0.25, -0.2) is 0 Å². The van der Waals surface area contributed by atoms with Crippen molar-refractivity contribution in [1.82, 2.24) is 0 Å². The van der Waals surface area contributed by atoms with Gasteiger partial charge in [-0.2, -0.15) is 0 Å². The van der Waals surface area contributed by atoms with Gasteiger partial charge in [0.15, 0.2) is 0 Å². The van der Waals surface area contributed by atoms with Gasteiger partial charge in [-0.05, 0) is 0 Å². The fourth-order valence-corrected chi connectivity index (χ4v) is 1.50. The standard InChI is InChI=1S/2C2H5.CH3Te.Sb/c3*1-2;/h2*1H2,2H3;1H3;. The molecular formula is C5H13SbTe. The summed E-state index contributed by atoms with van der Waals surface area (Å²) in [6, 6.07) is 0. The van der Waals surface area contributed by atoms with Crippen molar-refractivity contribution in [3.63, 3.8) is 0 Å². The minimum absolute atomic E-state index is 0.356. The molecule has 0 heterocycles. The van der Waals surface area contributed by atoms with Gasteiger partial charge in [0.2, 0.25) is 0 Å². The third kappa shape index (κ3) is 18.4. The van der Waals surface area contributed by atoms with Crippen LogP contribution in [0.2, 0.25) is 13.7 Å². The van der Waals surface area contributed by atoms with Crippen molar-refractivity contribution in [2.75, 3.05) is 0 Å². The van der Waals surface area contributed by atoms with Crippen molar-refractivity contribution < 1.29 is 0 Å². The molecule has 44 valence electrons. The van der Waals surface area contributed by atoms with Gasteiger partial charge in [0.25, 0.3) is 0 Å². The van der Waals surface area contributed by atoms with Crippen LogP contribution in [0.5, 0.6) is 0 Å². The molecule has 0 atom stereocenters. The van der Waals surface area contributed by atoms with Crippen molar-refractivity contribution in [1.29, 1.82) is 0 Å². The van der Waals surface area contributed by atoms with Gasteiger partial charge < -0.3 is 0 Å². The van der Waals surface area contributed by atoms with Crippen LogP contribution >= 0.6 is 0 Å². The quantitative estimate of drug-likeness (QED) is 0.680. The molecule has 2 heteroatoms. The minimum atomic E-state index is 0.356. The molecule has 0 aromatic rings. The summed E-state index contributed by atoms with van der Waals surface area (Å²) in [5.41, 5.74) is 0. The van der Waals surface area contributed by atoms with Gasteiger partial charge in [0.05, 0.1) is 0 Å². The fourth-order valence-electron chi connectivity index (χ4n) is 0.224. The molecule has 0 fully saturated rings. The molecule has 0 aliphatic carbocycles. The Balaban J connectivity index is 0. The van der Waals surface area contributed by atoms with Gasteiger partial charge in [-0.15, -0.1) is 0 Å². The van der Waals surface area contributed by atoms with E-state index in [2.05, 4.69) is 13.8 Å². The van der Waals surface area contributed by atoms with Crippen molar-refractivity contribution in [3.05, 3.63) is 0 Å². The molecular weight excluding hydrogens is 309 g/mol. The van der Waals surface area contributed by atoms with E-state index in [1.54, 1.807) is 0 Å². The maximum absolute atomic E-state index is 2.28. The third-order valence-corrected chi connectivity index (χ3v) is 3.00. The molecule has 0 amide bonds. The third-order valence-electron chi connectivity index (χ3n) is 0.447. The Bertz CT molecular complexity index is 15.6. The molecule has 0 N–H and O–H groups in total. The Kier molecular flexibility index (Phi) is 25.5. The van der Waals surface area contributed by atoms with Crippen LogP contribution in [-0.2, 0) is 0 Å². The fraction of sp³-hybridized carbons (Fsp3) is 1.00. The zero-order valence-corrected chi connectivity index (χ0v) is 10.2. The van der Waals surface area contributed by atoms with E-state index in [0.717, 1.165) is 0 Å². The first-order valence-electron chi connectivity index (χ1n) is 2.45.